The number of allylic oxidation sites excluding steroid dienone is 3. The Hall–Kier alpha value is -4.69. The number of fused-ring (bicyclic) bond motifs is 1. The van der Waals surface area contributed by atoms with Crippen molar-refractivity contribution in [2.75, 3.05) is 7.11 Å². The van der Waals surface area contributed by atoms with Crippen LogP contribution in [0.4, 0.5) is 0 Å². The van der Waals surface area contributed by atoms with Crippen molar-refractivity contribution in [3.63, 3.8) is 0 Å². The van der Waals surface area contributed by atoms with E-state index in [1.54, 1.807) is 76.8 Å². The van der Waals surface area contributed by atoms with Crippen LogP contribution < -0.4 is 0 Å². The maximum absolute atomic E-state index is 12.6. The van der Waals surface area contributed by atoms with Crippen molar-refractivity contribution in [3.05, 3.63) is 117 Å². The minimum absolute atomic E-state index is 0.0295. The molecule has 4 unspecified atom stereocenters. The molecule has 8 aliphatic rings. The molecule has 0 N–H and O–H groups in total. The summed E-state index contributed by atoms with van der Waals surface area (Å²) >= 11 is 0. The molecule has 0 saturated heterocycles. The van der Waals surface area contributed by atoms with Gasteiger partial charge in [0.15, 0.2) is 0 Å². The van der Waals surface area contributed by atoms with Gasteiger partial charge in [-0.15, -0.1) is 0 Å². The van der Waals surface area contributed by atoms with Gasteiger partial charge in [-0.2, -0.15) is 0 Å². The predicted octanol–water partition coefficient (Wildman–Crippen LogP) is 9.32. The number of hydrogen-bond acceptors (Lipinski definition) is 2. The second kappa shape index (κ2) is 6.19. The summed E-state index contributed by atoms with van der Waals surface area (Å²) < 4.78 is 5.18. The number of carbonyl (C=O) groups excluding carboxylic acids is 1. The second-order valence-electron chi connectivity index (χ2n) is 15.9. The van der Waals surface area contributed by atoms with Gasteiger partial charge < -0.3 is 4.74 Å². The van der Waals surface area contributed by atoms with Crippen LogP contribution in [0, 0.1) is 5.41 Å². The van der Waals surface area contributed by atoms with Gasteiger partial charge in [-0.3, -0.25) is 4.79 Å². The Labute approximate surface area is 265 Å². The summed E-state index contributed by atoms with van der Waals surface area (Å²) in [6.45, 7) is 2.54. The summed E-state index contributed by atoms with van der Waals surface area (Å²) in [6.07, 6.45) is 12.2. The van der Waals surface area contributed by atoms with Gasteiger partial charge in [-0.25, -0.2) is 0 Å². The Morgan fingerprint density at radius 3 is 2.57 bits per heavy atom. The highest BCUT2D eigenvalue weighted by molar-refractivity contribution is 6.44. The van der Waals surface area contributed by atoms with E-state index in [-0.39, 0.29) is 27.6 Å². The fourth-order valence-electron chi connectivity index (χ4n) is 13.8. The van der Waals surface area contributed by atoms with Gasteiger partial charge in [0, 0.05) is 28.1 Å². The molecule has 0 heterocycles. The third kappa shape index (κ3) is 1.70. The normalized spacial score (nSPS) is 30.1. The molecule has 216 valence electrons. The van der Waals surface area contributed by atoms with Gasteiger partial charge in [0.1, 0.15) is 0 Å². The van der Waals surface area contributed by atoms with Crippen LogP contribution in [0.5, 0.6) is 0 Å². The van der Waals surface area contributed by atoms with E-state index in [0.717, 1.165) is 25.7 Å². The number of methoxy groups -OCH3 is 1. The largest absolute Gasteiger partial charge is 0.469 e. The van der Waals surface area contributed by atoms with Crippen molar-refractivity contribution in [2.24, 2.45) is 5.41 Å². The third-order valence-electron chi connectivity index (χ3n) is 14.7. The van der Waals surface area contributed by atoms with Crippen LogP contribution in [0.25, 0.3) is 65.9 Å². The van der Waals surface area contributed by atoms with E-state index in [1.165, 1.54) is 40.1 Å². The monoisotopic (exact) mass is 588 g/mol. The third-order valence-corrected chi connectivity index (χ3v) is 14.7. The molecule has 1 saturated carbocycles. The SMILES string of the molecule is COC(=O)CCCC1(c2ccccc2)C23C=Cc4cc5c6c7c8c9c%10c(c%11c%12c(cc%13ccc(c-8c%13c%129)C7(C)C5)CC%11=C2)C31c4c6%10. The quantitative estimate of drug-likeness (QED) is 0.148. The first-order valence-corrected chi connectivity index (χ1v) is 17.2. The molecule has 0 amide bonds. The molecular formula is C44H28O2. The number of esters is 1. The molecule has 4 atom stereocenters. The minimum Gasteiger partial charge on any atom is -0.469 e. The second-order valence-corrected chi connectivity index (χ2v) is 15.9. The van der Waals surface area contributed by atoms with Crippen LogP contribution in [0.1, 0.15) is 76.3 Å². The number of rotatable bonds is 5. The van der Waals surface area contributed by atoms with Crippen LogP contribution in [-0.2, 0) is 38.6 Å². The van der Waals surface area contributed by atoms with E-state index in [1.807, 2.05) is 0 Å². The standard InChI is InChI=1S/C44H28O2/c1-41-18-23-16-21-12-14-42-19-24-17-22-15-20-10-11-26(41)32-28(20)33-29(22)30(24)40-37-34(33)36(32)39(41)31(23)35(37)38(21)44(40,42)43(42,13-6-9-27(45)46-2)25-7-4-3-5-8-25/h3-5,7-8,10-12,14-16,19H,6,9,13,17-18H2,1-2H3. The average Bonchev–Trinajstić information content (AvgIpc) is 3.62. The fourth-order valence-corrected chi connectivity index (χ4v) is 13.8. The summed E-state index contributed by atoms with van der Waals surface area (Å²) in [4.78, 5) is 12.6. The van der Waals surface area contributed by atoms with Crippen molar-refractivity contribution in [1.82, 2.24) is 0 Å². The number of ether oxygens (including phenoxy) is 1. The van der Waals surface area contributed by atoms with E-state index < -0.39 is 0 Å². The van der Waals surface area contributed by atoms with Crippen molar-refractivity contribution in [2.45, 2.75) is 55.3 Å². The molecule has 46 heavy (non-hydrogen) atoms. The lowest BCUT2D eigenvalue weighted by Crippen LogP contribution is -2.25. The summed E-state index contributed by atoms with van der Waals surface area (Å²) in [5.74, 6) is -0.105. The highest BCUT2D eigenvalue weighted by atomic mass is 16.5. The Morgan fingerprint density at radius 1 is 0.826 bits per heavy atom. The van der Waals surface area contributed by atoms with Crippen LogP contribution in [0.15, 0.2) is 66.7 Å². The molecule has 2 heteroatoms. The van der Waals surface area contributed by atoms with Crippen molar-refractivity contribution < 1.29 is 9.53 Å². The van der Waals surface area contributed by atoms with Crippen molar-refractivity contribution in [1.29, 1.82) is 0 Å². The molecule has 2 nitrogen and oxygen atoms in total. The Kier molecular flexibility index (Phi) is 3.06. The van der Waals surface area contributed by atoms with Crippen LogP contribution in [0.3, 0.4) is 0 Å². The maximum Gasteiger partial charge on any atom is 0.305 e. The molecule has 0 aliphatic heterocycles. The smallest absolute Gasteiger partial charge is 0.305 e. The maximum atomic E-state index is 12.6. The molecule has 6 aromatic rings. The van der Waals surface area contributed by atoms with Gasteiger partial charge in [0.05, 0.1) is 7.11 Å². The van der Waals surface area contributed by atoms with Crippen LogP contribution in [-0.4, -0.2) is 13.1 Å². The van der Waals surface area contributed by atoms with Gasteiger partial charge in [-0.1, -0.05) is 79.7 Å². The molecule has 1 spiro atoms. The molecule has 0 aromatic heterocycles. The van der Waals surface area contributed by atoms with Gasteiger partial charge in [-0.05, 0) is 136 Å². The highest BCUT2D eigenvalue weighted by Crippen LogP contribution is 2.91. The lowest BCUT2D eigenvalue weighted by molar-refractivity contribution is -0.140. The minimum atomic E-state index is -0.170. The van der Waals surface area contributed by atoms with E-state index in [9.17, 15) is 4.79 Å². The van der Waals surface area contributed by atoms with Gasteiger partial charge in [0.2, 0.25) is 0 Å². The Bertz CT molecular complexity index is 2800. The predicted molar refractivity (Wildman–Crippen MR) is 184 cm³/mol. The zero-order valence-corrected chi connectivity index (χ0v) is 25.8. The molecule has 6 aromatic carbocycles. The number of hydrogen-bond donors (Lipinski definition) is 0. The zero-order valence-electron chi connectivity index (χ0n) is 25.8. The van der Waals surface area contributed by atoms with Crippen molar-refractivity contribution >= 4 is 60.7 Å². The van der Waals surface area contributed by atoms with Crippen LogP contribution in [0.2, 0.25) is 0 Å². The van der Waals surface area contributed by atoms with Crippen molar-refractivity contribution in [3.8, 4) is 11.1 Å². The van der Waals surface area contributed by atoms with Gasteiger partial charge in [0.25, 0.3) is 0 Å². The zero-order chi connectivity index (χ0) is 29.9. The summed E-state index contributed by atoms with van der Waals surface area (Å²) in [7, 11) is 1.52. The Balaban J connectivity index is 1.26. The van der Waals surface area contributed by atoms with E-state index >= 15 is 0 Å². The van der Waals surface area contributed by atoms with Crippen LogP contribution >= 0.6 is 0 Å². The average molecular weight is 589 g/mol. The first kappa shape index (κ1) is 22.8. The lowest BCUT2D eigenvalue weighted by Gasteiger charge is -2.31. The molecule has 0 bridgehead atoms. The lowest BCUT2D eigenvalue weighted by atomic mass is 9.70. The number of carbonyl (C=O) groups is 1. The number of benzene rings is 6. The highest BCUT2D eigenvalue weighted by Gasteiger charge is 2.89. The summed E-state index contributed by atoms with van der Waals surface area (Å²) in [5.41, 5.74) is 18.2. The summed E-state index contributed by atoms with van der Waals surface area (Å²) in [6, 6.07) is 21.5. The molecular weight excluding hydrogens is 560 g/mol. The topological polar surface area (TPSA) is 26.3 Å². The first-order chi connectivity index (χ1) is 22.5. The van der Waals surface area contributed by atoms with Gasteiger partial charge >= 0.3 is 5.97 Å². The molecule has 8 aliphatic carbocycles. The Morgan fingerprint density at radius 2 is 1.70 bits per heavy atom. The molecule has 0 radical (unpaired) electrons. The summed E-state index contributed by atoms with van der Waals surface area (Å²) in [5, 5.41) is 12.4. The molecule has 1 fully saturated rings. The van der Waals surface area contributed by atoms with E-state index in [0.29, 0.717) is 6.42 Å². The molecule has 14 rings (SSSR count). The van der Waals surface area contributed by atoms with E-state index in [2.05, 4.69) is 79.7 Å². The first-order valence-electron chi connectivity index (χ1n) is 17.2. The fraction of sp³-hybridized carbons (Fsp3) is 0.250. The van der Waals surface area contributed by atoms with E-state index in [4.69, 9.17) is 4.74 Å².